The highest BCUT2D eigenvalue weighted by atomic mass is 35.5. The molecule has 5 heterocycles. The fourth-order valence-corrected chi connectivity index (χ4v) is 5.49. The Bertz CT molecular complexity index is 1670. The Morgan fingerprint density at radius 3 is 2.85 bits per heavy atom. The van der Waals surface area contributed by atoms with Crippen LogP contribution in [0.25, 0.3) is 34.0 Å². The normalized spacial score (nSPS) is 17.5. The molecule has 1 fully saturated rings. The molecule has 4 aromatic heterocycles. The van der Waals surface area contributed by atoms with Crippen molar-refractivity contribution in [3.8, 4) is 28.7 Å². The van der Waals surface area contributed by atoms with E-state index in [4.69, 9.17) is 25.7 Å². The molecule has 0 spiro atoms. The molecule has 6 rings (SSSR count). The van der Waals surface area contributed by atoms with Crippen LogP contribution in [0.3, 0.4) is 0 Å². The Balaban J connectivity index is 1.42. The first-order valence-electron chi connectivity index (χ1n) is 13.2. The molecule has 11 nitrogen and oxygen atoms in total. The molecule has 41 heavy (non-hydrogen) atoms. The zero-order valence-electron chi connectivity index (χ0n) is 22.3. The van der Waals surface area contributed by atoms with Crippen molar-refractivity contribution in [3.63, 3.8) is 0 Å². The van der Waals surface area contributed by atoms with Crippen molar-refractivity contribution < 1.29 is 19.1 Å². The van der Waals surface area contributed by atoms with E-state index in [9.17, 15) is 9.90 Å². The Labute approximate surface area is 240 Å². The van der Waals surface area contributed by atoms with E-state index in [2.05, 4.69) is 29.7 Å². The lowest BCUT2D eigenvalue weighted by atomic mass is 9.99. The summed E-state index contributed by atoms with van der Waals surface area (Å²) in [6.07, 6.45) is 6.97. The molecule has 12 heteroatoms. The quantitative estimate of drug-likeness (QED) is 0.284. The molecule has 0 unspecified atom stereocenters. The summed E-state index contributed by atoms with van der Waals surface area (Å²) in [5.74, 6) is 1.44. The van der Waals surface area contributed by atoms with Crippen LogP contribution in [0.5, 0.6) is 5.75 Å². The summed E-state index contributed by atoms with van der Waals surface area (Å²) >= 11 is 6.09. The summed E-state index contributed by atoms with van der Waals surface area (Å²) in [6.45, 7) is 1.44. The van der Waals surface area contributed by atoms with Crippen molar-refractivity contribution in [1.82, 2.24) is 34.7 Å². The number of ether oxygens (including phenoxy) is 1. The summed E-state index contributed by atoms with van der Waals surface area (Å²) < 4.78 is 13.6. The number of aliphatic hydroxyl groups is 1. The Kier molecular flexibility index (Phi) is 7.64. The Morgan fingerprint density at radius 1 is 1.17 bits per heavy atom. The third-order valence-electron chi connectivity index (χ3n) is 6.97. The van der Waals surface area contributed by atoms with Crippen LogP contribution in [0.2, 0.25) is 5.02 Å². The minimum Gasteiger partial charge on any atom is -0.490 e. The van der Waals surface area contributed by atoms with E-state index in [-0.39, 0.29) is 36.9 Å². The van der Waals surface area contributed by atoms with Gasteiger partial charge in [-0.1, -0.05) is 23.7 Å². The zero-order chi connectivity index (χ0) is 28.3. The molecular formula is C29H28ClN7O4. The number of amides is 1. The van der Waals surface area contributed by atoms with Gasteiger partial charge >= 0.3 is 0 Å². The highest BCUT2D eigenvalue weighted by Gasteiger charge is 2.32. The number of fused-ring (bicyclic) bond motifs is 1. The van der Waals surface area contributed by atoms with Gasteiger partial charge in [-0.2, -0.15) is 0 Å². The lowest BCUT2D eigenvalue weighted by Crippen LogP contribution is -2.50. The topological polar surface area (TPSA) is 131 Å². The van der Waals surface area contributed by atoms with Crippen molar-refractivity contribution in [2.24, 2.45) is 0 Å². The van der Waals surface area contributed by atoms with Gasteiger partial charge in [0.1, 0.15) is 41.3 Å². The summed E-state index contributed by atoms with van der Waals surface area (Å²) in [4.78, 5) is 33.2. The number of carbonyl (C=O) groups excluding carboxylic acids is 1. The number of carbonyl (C=O) groups is 1. The standard InChI is InChI=1S/C29H28ClN7O4/c1-36-16-19(34-28(39)22-12-18(30)6-7-31-22)13-20(17-36)37-25-14-23(29-32-8-10-41-29)33-15-24(25)35-27(37)21-4-2-3-5-26(21)40-11-9-38/h2-8,10,12,14-15,19-20,38H,9,11,13,16-17H2,1H3,(H,34,39)/t19-,20+/m1/s1. The van der Waals surface area contributed by atoms with Crippen LogP contribution in [0.15, 0.2) is 71.7 Å². The maximum atomic E-state index is 13.1. The monoisotopic (exact) mass is 573 g/mol. The number of hydrogen-bond acceptors (Lipinski definition) is 9. The van der Waals surface area contributed by atoms with Gasteiger partial charge in [-0.15, -0.1) is 0 Å². The number of pyridine rings is 2. The molecule has 1 saturated heterocycles. The summed E-state index contributed by atoms with van der Waals surface area (Å²) in [7, 11) is 2.03. The number of para-hydroxylation sites is 1. The molecule has 0 radical (unpaired) electrons. The zero-order valence-corrected chi connectivity index (χ0v) is 23.0. The van der Waals surface area contributed by atoms with E-state index < -0.39 is 0 Å². The lowest BCUT2D eigenvalue weighted by molar-refractivity contribution is 0.0889. The first-order valence-corrected chi connectivity index (χ1v) is 13.6. The van der Waals surface area contributed by atoms with Crippen molar-refractivity contribution in [2.45, 2.75) is 18.5 Å². The first-order chi connectivity index (χ1) is 20.0. The van der Waals surface area contributed by atoms with Crippen LogP contribution in [0.4, 0.5) is 0 Å². The third kappa shape index (κ3) is 5.64. The van der Waals surface area contributed by atoms with Gasteiger partial charge in [0.15, 0.2) is 0 Å². The summed E-state index contributed by atoms with van der Waals surface area (Å²) in [5, 5.41) is 13.0. The summed E-state index contributed by atoms with van der Waals surface area (Å²) in [6, 6.07) is 12.5. The van der Waals surface area contributed by atoms with E-state index in [1.165, 1.54) is 12.5 Å². The number of rotatable bonds is 8. The number of nitrogens with one attached hydrogen (secondary N) is 1. The van der Waals surface area contributed by atoms with Crippen molar-refractivity contribution in [3.05, 3.63) is 78.0 Å². The van der Waals surface area contributed by atoms with Crippen LogP contribution in [-0.4, -0.2) is 79.8 Å². The molecule has 1 aliphatic heterocycles. The number of aromatic nitrogens is 5. The second-order valence-corrected chi connectivity index (χ2v) is 10.3. The number of imidazole rings is 1. The Morgan fingerprint density at radius 2 is 2.05 bits per heavy atom. The van der Waals surface area contributed by atoms with Crippen LogP contribution < -0.4 is 10.1 Å². The molecule has 210 valence electrons. The van der Waals surface area contributed by atoms with Crippen molar-refractivity contribution in [2.75, 3.05) is 33.4 Å². The Hall–Kier alpha value is -4.32. The molecule has 1 amide bonds. The van der Waals surface area contributed by atoms with E-state index in [1.54, 1.807) is 24.5 Å². The maximum Gasteiger partial charge on any atom is 0.270 e. The van der Waals surface area contributed by atoms with E-state index >= 15 is 0 Å². The maximum absolute atomic E-state index is 13.1. The van der Waals surface area contributed by atoms with Gasteiger partial charge in [0.25, 0.3) is 5.91 Å². The largest absolute Gasteiger partial charge is 0.490 e. The SMILES string of the molecule is CN1C[C@H](NC(=O)c2cc(Cl)ccn2)C[C@H](n2c(-c3ccccc3OCCO)nc3cnc(-c4ncco4)cc32)C1. The van der Waals surface area contributed by atoms with Gasteiger partial charge in [-0.05, 0) is 43.8 Å². The molecule has 1 aromatic carbocycles. The lowest BCUT2D eigenvalue weighted by Gasteiger charge is -2.37. The number of aliphatic hydroxyl groups excluding tert-OH is 1. The van der Waals surface area contributed by atoms with E-state index in [0.29, 0.717) is 46.7 Å². The number of piperidine rings is 1. The predicted octanol–water partition coefficient (Wildman–Crippen LogP) is 3.85. The number of oxazole rings is 1. The van der Waals surface area contributed by atoms with Gasteiger partial charge in [0, 0.05) is 30.4 Å². The molecule has 2 N–H and O–H groups in total. The van der Waals surface area contributed by atoms with Crippen LogP contribution >= 0.6 is 11.6 Å². The third-order valence-corrected chi connectivity index (χ3v) is 7.21. The molecule has 0 aliphatic carbocycles. The molecular weight excluding hydrogens is 546 g/mol. The van der Waals surface area contributed by atoms with Crippen LogP contribution in [0, 0.1) is 0 Å². The number of hydrogen-bond donors (Lipinski definition) is 2. The van der Waals surface area contributed by atoms with Gasteiger partial charge in [0.05, 0.1) is 36.1 Å². The molecule has 0 saturated carbocycles. The second-order valence-electron chi connectivity index (χ2n) is 9.91. The predicted molar refractivity (Wildman–Crippen MR) is 153 cm³/mol. The van der Waals surface area contributed by atoms with Gasteiger partial charge < -0.3 is 29.0 Å². The van der Waals surface area contributed by atoms with E-state index in [1.807, 2.05) is 37.4 Å². The number of likely N-dealkylation sites (tertiary alicyclic amines) is 1. The number of likely N-dealkylation sites (N-methyl/N-ethyl adjacent to an activating group) is 1. The minimum absolute atomic E-state index is 0.0721. The van der Waals surface area contributed by atoms with E-state index in [0.717, 1.165) is 17.6 Å². The average molecular weight is 574 g/mol. The van der Waals surface area contributed by atoms with Crippen molar-refractivity contribution >= 4 is 28.5 Å². The summed E-state index contributed by atoms with van der Waals surface area (Å²) in [5.41, 5.74) is 3.19. The van der Waals surface area contributed by atoms with Gasteiger partial charge in [-0.25, -0.2) is 15.0 Å². The van der Waals surface area contributed by atoms with Crippen molar-refractivity contribution in [1.29, 1.82) is 0 Å². The fraction of sp³-hybridized carbons (Fsp3) is 0.276. The number of halogens is 1. The van der Waals surface area contributed by atoms with Gasteiger partial charge in [0.2, 0.25) is 5.89 Å². The fourth-order valence-electron chi connectivity index (χ4n) is 5.33. The van der Waals surface area contributed by atoms with Crippen LogP contribution in [-0.2, 0) is 0 Å². The molecule has 1 aliphatic rings. The number of nitrogens with zero attached hydrogens (tertiary/aromatic N) is 6. The minimum atomic E-state index is -0.277. The first kappa shape index (κ1) is 26.9. The molecule has 5 aromatic rings. The smallest absolute Gasteiger partial charge is 0.270 e. The highest BCUT2D eigenvalue weighted by Crippen LogP contribution is 2.37. The number of benzene rings is 1. The molecule has 0 bridgehead atoms. The highest BCUT2D eigenvalue weighted by molar-refractivity contribution is 6.30. The molecule has 2 atom stereocenters. The second kappa shape index (κ2) is 11.7. The van der Waals surface area contributed by atoms with Gasteiger partial charge in [-0.3, -0.25) is 9.78 Å². The average Bonchev–Trinajstić information content (AvgIpc) is 3.64. The van der Waals surface area contributed by atoms with Crippen LogP contribution in [0.1, 0.15) is 23.0 Å².